The second-order valence-corrected chi connectivity index (χ2v) is 7.15. The van der Waals surface area contributed by atoms with Crippen molar-refractivity contribution in [1.29, 1.82) is 0 Å². The molecule has 0 saturated carbocycles. The van der Waals surface area contributed by atoms with E-state index in [1.165, 1.54) is 4.90 Å². The first-order valence-electron chi connectivity index (χ1n) is 9.90. The van der Waals surface area contributed by atoms with Gasteiger partial charge in [-0.1, -0.05) is 25.0 Å². The summed E-state index contributed by atoms with van der Waals surface area (Å²) in [5.74, 6) is -0.485. The lowest BCUT2D eigenvalue weighted by atomic mass is 10.1. The Morgan fingerprint density at radius 2 is 1.79 bits per heavy atom. The van der Waals surface area contributed by atoms with Crippen LogP contribution in [0.2, 0.25) is 0 Å². The van der Waals surface area contributed by atoms with Gasteiger partial charge >= 0.3 is 5.97 Å². The number of unbranched alkanes of at least 4 members (excludes halogenated alkanes) is 3. The highest BCUT2D eigenvalue weighted by atomic mass is 16.5. The molecule has 2 rings (SSSR count). The number of nitrogens with zero attached hydrogens (tertiary/aromatic N) is 2. The number of carbonyl (C=O) groups is 3. The van der Waals surface area contributed by atoms with Gasteiger partial charge in [0.1, 0.15) is 0 Å². The highest BCUT2D eigenvalue weighted by Crippen LogP contribution is 2.23. The number of hydrogen-bond donors (Lipinski definition) is 0. The average molecular weight is 386 g/mol. The molecule has 0 aliphatic carbocycles. The van der Waals surface area contributed by atoms with Crippen molar-refractivity contribution in [3.8, 4) is 0 Å². The van der Waals surface area contributed by atoms with Crippen molar-refractivity contribution in [3.05, 3.63) is 35.4 Å². The monoisotopic (exact) mass is 386 g/mol. The van der Waals surface area contributed by atoms with Crippen LogP contribution in [0.3, 0.4) is 0 Å². The molecule has 6 nitrogen and oxygen atoms in total. The Balaban J connectivity index is 1.80. The van der Waals surface area contributed by atoms with Gasteiger partial charge in [-0.05, 0) is 43.5 Å². The van der Waals surface area contributed by atoms with Gasteiger partial charge in [-0.2, -0.15) is 0 Å². The highest BCUT2D eigenvalue weighted by Gasteiger charge is 2.33. The molecule has 1 aliphatic rings. The van der Waals surface area contributed by atoms with Crippen LogP contribution in [0.25, 0.3) is 6.08 Å². The first kappa shape index (κ1) is 21.7. The first-order valence-corrected chi connectivity index (χ1v) is 9.90. The summed E-state index contributed by atoms with van der Waals surface area (Å²) in [6, 6.07) is 7.88. The molecule has 1 saturated heterocycles. The van der Waals surface area contributed by atoms with Crippen LogP contribution in [0.4, 0.5) is 5.69 Å². The zero-order chi connectivity index (χ0) is 20.5. The van der Waals surface area contributed by atoms with Crippen LogP contribution in [0.15, 0.2) is 29.8 Å². The van der Waals surface area contributed by atoms with Gasteiger partial charge in [0.15, 0.2) is 0 Å². The molecular formula is C22H30N2O4. The van der Waals surface area contributed by atoms with E-state index in [0.29, 0.717) is 25.1 Å². The summed E-state index contributed by atoms with van der Waals surface area (Å²) in [6.07, 6.45) is 5.68. The Kier molecular flexibility index (Phi) is 8.23. The van der Waals surface area contributed by atoms with Crippen molar-refractivity contribution in [2.24, 2.45) is 0 Å². The van der Waals surface area contributed by atoms with Gasteiger partial charge in [0.25, 0.3) is 5.91 Å². The summed E-state index contributed by atoms with van der Waals surface area (Å²) in [7, 11) is 3.95. The molecule has 1 fully saturated rings. The van der Waals surface area contributed by atoms with E-state index >= 15 is 0 Å². The maximum atomic E-state index is 12.5. The fraction of sp³-hybridized carbons (Fsp3) is 0.500. The fourth-order valence-electron chi connectivity index (χ4n) is 3.16. The van der Waals surface area contributed by atoms with Crippen LogP contribution in [-0.2, 0) is 19.1 Å². The van der Waals surface area contributed by atoms with E-state index in [4.69, 9.17) is 4.74 Å². The van der Waals surface area contributed by atoms with Crippen LogP contribution in [0.5, 0.6) is 0 Å². The predicted octanol–water partition coefficient (Wildman–Crippen LogP) is 3.41. The highest BCUT2D eigenvalue weighted by molar-refractivity contribution is 6.15. The molecule has 0 atom stereocenters. The van der Waals surface area contributed by atoms with Crippen LogP contribution < -0.4 is 4.90 Å². The SMILES string of the molecule is CCOC(=O)CCCCCCN1C(=O)CC(=Cc2ccc(N(C)C)cc2)C1=O. The standard InChI is InChI=1S/C22H30N2O4/c1-4-28-21(26)9-7-5-6-8-14-24-20(25)16-18(22(24)27)15-17-10-12-19(13-11-17)23(2)3/h10-13,15H,4-9,14,16H2,1-3H3. The normalized spacial score (nSPS) is 15.4. The van der Waals surface area contributed by atoms with Crippen LogP contribution in [-0.4, -0.2) is 49.9 Å². The molecule has 0 bridgehead atoms. The Morgan fingerprint density at radius 1 is 1.11 bits per heavy atom. The Morgan fingerprint density at radius 3 is 2.43 bits per heavy atom. The molecular weight excluding hydrogens is 356 g/mol. The molecule has 1 heterocycles. The number of amides is 2. The molecule has 2 amide bonds. The quantitative estimate of drug-likeness (QED) is 0.267. The second kappa shape index (κ2) is 10.6. The Hall–Kier alpha value is -2.63. The number of hydrogen-bond acceptors (Lipinski definition) is 5. The Labute approximate surface area is 167 Å². The maximum Gasteiger partial charge on any atom is 0.305 e. The van der Waals surface area contributed by atoms with E-state index in [-0.39, 0.29) is 24.2 Å². The van der Waals surface area contributed by atoms with Crippen molar-refractivity contribution >= 4 is 29.5 Å². The van der Waals surface area contributed by atoms with E-state index in [2.05, 4.69) is 0 Å². The molecule has 152 valence electrons. The summed E-state index contributed by atoms with van der Waals surface area (Å²) in [5, 5.41) is 0. The van der Waals surface area contributed by atoms with Gasteiger partial charge in [-0.15, -0.1) is 0 Å². The third kappa shape index (κ3) is 6.22. The summed E-state index contributed by atoms with van der Waals surface area (Å²) >= 11 is 0. The van der Waals surface area contributed by atoms with Crippen LogP contribution in [0, 0.1) is 0 Å². The zero-order valence-electron chi connectivity index (χ0n) is 17.1. The first-order chi connectivity index (χ1) is 13.4. The third-order valence-electron chi connectivity index (χ3n) is 4.73. The minimum Gasteiger partial charge on any atom is -0.466 e. The lowest BCUT2D eigenvalue weighted by molar-refractivity contribution is -0.143. The third-order valence-corrected chi connectivity index (χ3v) is 4.73. The van der Waals surface area contributed by atoms with E-state index in [9.17, 15) is 14.4 Å². The molecule has 0 N–H and O–H groups in total. The van der Waals surface area contributed by atoms with Crippen molar-refractivity contribution < 1.29 is 19.1 Å². The molecule has 0 radical (unpaired) electrons. The zero-order valence-corrected chi connectivity index (χ0v) is 17.1. The molecule has 1 aliphatic heterocycles. The van der Waals surface area contributed by atoms with Crippen LogP contribution >= 0.6 is 0 Å². The summed E-state index contributed by atoms with van der Waals surface area (Å²) < 4.78 is 4.89. The molecule has 0 unspecified atom stereocenters. The van der Waals surface area contributed by atoms with Crippen molar-refractivity contribution in [3.63, 3.8) is 0 Å². The topological polar surface area (TPSA) is 66.9 Å². The summed E-state index contributed by atoms with van der Waals surface area (Å²) in [4.78, 5) is 39.4. The van der Waals surface area contributed by atoms with Crippen molar-refractivity contribution in [1.82, 2.24) is 4.90 Å². The van der Waals surface area contributed by atoms with Gasteiger partial charge in [0, 0.05) is 38.3 Å². The number of ether oxygens (including phenoxy) is 1. The smallest absolute Gasteiger partial charge is 0.305 e. The second-order valence-electron chi connectivity index (χ2n) is 7.15. The number of rotatable bonds is 10. The summed E-state index contributed by atoms with van der Waals surface area (Å²) in [6.45, 7) is 2.64. The van der Waals surface area contributed by atoms with Crippen molar-refractivity contribution in [2.75, 3.05) is 32.1 Å². The van der Waals surface area contributed by atoms with Gasteiger partial charge < -0.3 is 9.64 Å². The molecule has 28 heavy (non-hydrogen) atoms. The number of likely N-dealkylation sites (tertiary alicyclic amines) is 1. The molecule has 0 spiro atoms. The minimum absolute atomic E-state index is 0.132. The minimum atomic E-state index is -0.187. The number of anilines is 1. The van der Waals surface area contributed by atoms with Gasteiger partial charge in [-0.25, -0.2) is 0 Å². The predicted molar refractivity (Wildman–Crippen MR) is 110 cm³/mol. The van der Waals surface area contributed by atoms with E-state index in [1.807, 2.05) is 43.3 Å². The largest absolute Gasteiger partial charge is 0.466 e. The average Bonchev–Trinajstić information content (AvgIpc) is 2.92. The molecule has 6 heteroatoms. The maximum absolute atomic E-state index is 12.5. The fourth-order valence-corrected chi connectivity index (χ4v) is 3.16. The molecule has 0 aromatic heterocycles. The number of imide groups is 1. The number of esters is 1. The van der Waals surface area contributed by atoms with E-state index in [0.717, 1.165) is 36.9 Å². The summed E-state index contributed by atoms with van der Waals surface area (Å²) in [5.41, 5.74) is 2.55. The van der Waals surface area contributed by atoms with Crippen molar-refractivity contribution in [2.45, 2.75) is 45.4 Å². The van der Waals surface area contributed by atoms with Gasteiger partial charge in [-0.3, -0.25) is 19.3 Å². The van der Waals surface area contributed by atoms with Gasteiger partial charge in [0.2, 0.25) is 5.91 Å². The molecule has 1 aromatic rings. The number of carbonyl (C=O) groups excluding carboxylic acids is 3. The molecule has 1 aromatic carbocycles. The number of benzene rings is 1. The Bertz CT molecular complexity index is 723. The lowest BCUT2D eigenvalue weighted by Crippen LogP contribution is -2.30. The van der Waals surface area contributed by atoms with Crippen LogP contribution in [0.1, 0.15) is 51.0 Å². The van der Waals surface area contributed by atoms with Gasteiger partial charge in [0.05, 0.1) is 13.0 Å². The van der Waals surface area contributed by atoms with E-state index < -0.39 is 0 Å². The lowest BCUT2D eigenvalue weighted by Gasteiger charge is -2.13. The van der Waals surface area contributed by atoms with E-state index in [1.54, 1.807) is 13.0 Å².